The van der Waals surface area contributed by atoms with E-state index < -0.39 is 17.9 Å². The van der Waals surface area contributed by atoms with E-state index >= 15 is 0 Å². The predicted octanol–water partition coefficient (Wildman–Crippen LogP) is 5.35. The maximum absolute atomic E-state index is 12.5. The van der Waals surface area contributed by atoms with Gasteiger partial charge in [-0.15, -0.1) is 0 Å². The van der Waals surface area contributed by atoms with Crippen molar-refractivity contribution in [1.82, 2.24) is 0 Å². The molecule has 8 heteroatoms. The number of Topliss-reactive ketones (excluding diaryl/α,β-unsaturated/α-hetero) is 1. The maximum atomic E-state index is 12.5. The Bertz CT molecular complexity index is 1200. The molecule has 2 aromatic rings. The van der Waals surface area contributed by atoms with Crippen LogP contribution in [0.4, 0.5) is 0 Å². The Hall–Kier alpha value is -4.46. The summed E-state index contributed by atoms with van der Waals surface area (Å²) in [6.45, 7) is 5.55. The summed E-state index contributed by atoms with van der Waals surface area (Å²) >= 11 is 0. The fraction of sp³-hybridized carbons (Fsp3) is 0.241. The van der Waals surface area contributed by atoms with Gasteiger partial charge in [0, 0.05) is 24.5 Å². The Labute approximate surface area is 215 Å². The number of allylic oxidation sites excluding steroid dienone is 4. The molecule has 0 aromatic heterocycles. The van der Waals surface area contributed by atoms with Crippen LogP contribution in [-0.4, -0.2) is 36.9 Å². The highest BCUT2D eigenvalue weighted by Crippen LogP contribution is 2.23. The van der Waals surface area contributed by atoms with Crippen molar-refractivity contribution in [2.45, 2.75) is 32.6 Å². The zero-order chi connectivity index (χ0) is 26.6. The average Bonchev–Trinajstić information content (AvgIpc) is 2.91. The first-order valence-corrected chi connectivity index (χ1v) is 11.8. The molecule has 0 amide bonds. The lowest BCUT2D eigenvalue weighted by atomic mass is 10.1. The Morgan fingerprint density at radius 2 is 1.24 bits per heavy atom. The van der Waals surface area contributed by atoms with Gasteiger partial charge < -0.3 is 18.9 Å². The van der Waals surface area contributed by atoms with E-state index in [9.17, 15) is 19.2 Å². The van der Waals surface area contributed by atoms with Crippen molar-refractivity contribution >= 4 is 23.7 Å². The molecule has 0 saturated heterocycles. The summed E-state index contributed by atoms with van der Waals surface area (Å²) in [6.07, 6.45) is 6.50. The highest BCUT2D eigenvalue weighted by Gasteiger charge is 2.17. The van der Waals surface area contributed by atoms with E-state index in [1.807, 2.05) is 0 Å². The topological polar surface area (TPSA) is 105 Å². The molecule has 0 unspecified atom stereocenters. The first-order chi connectivity index (χ1) is 17.9. The molecule has 1 aliphatic carbocycles. The zero-order valence-electron chi connectivity index (χ0n) is 20.6. The van der Waals surface area contributed by atoms with Crippen LogP contribution in [0.3, 0.4) is 0 Å². The molecule has 0 bridgehead atoms. The fourth-order valence-corrected chi connectivity index (χ4v) is 3.28. The second-order valence-electron chi connectivity index (χ2n) is 8.13. The first kappa shape index (κ1) is 27.1. The molecule has 1 aliphatic rings. The number of carbonyl (C=O) groups excluding carboxylic acids is 4. The molecular formula is C29H28O8. The van der Waals surface area contributed by atoms with Crippen molar-refractivity contribution in [1.29, 1.82) is 0 Å². The van der Waals surface area contributed by atoms with Crippen LogP contribution in [0, 0.1) is 0 Å². The van der Waals surface area contributed by atoms with Crippen LogP contribution in [0.25, 0.3) is 0 Å². The Morgan fingerprint density at radius 3 is 1.73 bits per heavy atom. The van der Waals surface area contributed by atoms with Crippen molar-refractivity contribution in [3.8, 4) is 5.75 Å². The first-order valence-electron chi connectivity index (χ1n) is 11.8. The predicted molar refractivity (Wildman–Crippen MR) is 135 cm³/mol. The van der Waals surface area contributed by atoms with Crippen LogP contribution in [0.2, 0.25) is 0 Å². The van der Waals surface area contributed by atoms with Gasteiger partial charge in [-0.25, -0.2) is 14.4 Å². The van der Waals surface area contributed by atoms with E-state index in [1.165, 1.54) is 6.92 Å². The third-order valence-electron chi connectivity index (χ3n) is 5.36. The summed E-state index contributed by atoms with van der Waals surface area (Å²) in [5, 5.41) is 0. The molecule has 0 N–H and O–H groups in total. The Kier molecular flexibility index (Phi) is 9.96. The van der Waals surface area contributed by atoms with E-state index in [0.29, 0.717) is 72.9 Å². The van der Waals surface area contributed by atoms with Crippen LogP contribution in [-0.2, 0) is 19.0 Å². The number of ether oxygens (including phenoxy) is 4. The summed E-state index contributed by atoms with van der Waals surface area (Å²) in [5.74, 6) is -0.00401. The Morgan fingerprint density at radius 1 is 0.757 bits per heavy atom. The van der Waals surface area contributed by atoms with E-state index in [2.05, 4.69) is 6.58 Å². The number of hydrogen-bond donors (Lipinski definition) is 0. The summed E-state index contributed by atoms with van der Waals surface area (Å²) in [4.78, 5) is 47.1. The number of unbranched alkanes of at least 4 members (excludes halogenated alkanes) is 1. The molecule has 37 heavy (non-hydrogen) atoms. The number of hydrogen-bond acceptors (Lipinski definition) is 8. The lowest BCUT2D eigenvalue weighted by Gasteiger charge is -2.15. The molecule has 0 spiro atoms. The third-order valence-corrected chi connectivity index (χ3v) is 5.36. The minimum absolute atomic E-state index is 0.0798. The molecule has 8 nitrogen and oxygen atoms in total. The van der Waals surface area contributed by atoms with Gasteiger partial charge in [0.1, 0.15) is 17.3 Å². The SMILES string of the molecule is C=CC(=O)OCCCCOc1ccc(C(=O)OC2=CC=C(OC(=O)c3ccc(C(C)=O)cc3)CC2)cc1. The van der Waals surface area contributed by atoms with E-state index in [0.717, 1.165) is 6.08 Å². The normalized spacial score (nSPS) is 12.5. The molecule has 3 rings (SSSR count). The highest BCUT2D eigenvalue weighted by molar-refractivity contribution is 5.96. The van der Waals surface area contributed by atoms with Gasteiger partial charge in [0.05, 0.1) is 24.3 Å². The van der Waals surface area contributed by atoms with Crippen molar-refractivity contribution in [3.05, 3.63) is 102 Å². The lowest BCUT2D eigenvalue weighted by molar-refractivity contribution is -0.137. The number of carbonyl (C=O) groups is 4. The zero-order valence-corrected chi connectivity index (χ0v) is 20.6. The van der Waals surface area contributed by atoms with E-state index in [-0.39, 0.29) is 5.78 Å². The number of benzene rings is 2. The summed E-state index contributed by atoms with van der Waals surface area (Å²) < 4.78 is 21.4. The van der Waals surface area contributed by atoms with E-state index in [4.69, 9.17) is 18.9 Å². The quantitative estimate of drug-likeness (QED) is 0.125. The van der Waals surface area contributed by atoms with Crippen LogP contribution in [0.5, 0.6) is 5.75 Å². The number of esters is 3. The maximum Gasteiger partial charge on any atom is 0.343 e. The molecule has 0 aliphatic heterocycles. The van der Waals surface area contributed by atoms with Gasteiger partial charge in [-0.3, -0.25) is 4.79 Å². The van der Waals surface area contributed by atoms with Crippen LogP contribution in [0.1, 0.15) is 63.7 Å². The third kappa shape index (κ3) is 8.61. The van der Waals surface area contributed by atoms with Gasteiger partial charge in [-0.05, 0) is 68.3 Å². The minimum atomic E-state index is -0.520. The standard InChI is InChI=1S/C29H28O8/c1-3-27(31)35-19-5-4-18-34-24-12-10-23(11-13-24)29(33)37-26-16-14-25(15-17-26)36-28(32)22-8-6-21(7-9-22)20(2)30/h3,6-14,16H,1,4-5,15,17-19H2,2H3. The molecule has 0 fully saturated rings. The monoisotopic (exact) mass is 504 g/mol. The number of ketones is 1. The molecule has 2 aromatic carbocycles. The van der Waals surface area contributed by atoms with Gasteiger partial charge in [-0.2, -0.15) is 0 Å². The Balaban J connectivity index is 1.43. The smallest absolute Gasteiger partial charge is 0.343 e. The second-order valence-corrected chi connectivity index (χ2v) is 8.13. The van der Waals surface area contributed by atoms with Crippen LogP contribution >= 0.6 is 0 Å². The van der Waals surface area contributed by atoms with Crippen molar-refractivity contribution in [3.63, 3.8) is 0 Å². The fourth-order valence-electron chi connectivity index (χ4n) is 3.28. The van der Waals surface area contributed by atoms with Gasteiger partial charge in [0.25, 0.3) is 0 Å². The molecular weight excluding hydrogens is 476 g/mol. The van der Waals surface area contributed by atoms with E-state index in [1.54, 1.807) is 60.7 Å². The highest BCUT2D eigenvalue weighted by atomic mass is 16.5. The molecule has 0 radical (unpaired) electrons. The van der Waals surface area contributed by atoms with Crippen molar-refractivity contribution in [2.75, 3.05) is 13.2 Å². The van der Waals surface area contributed by atoms with Gasteiger partial charge in [0.15, 0.2) is 5.78 Å². The van der Waals surface area contributed by atoms with Gasteiger partial charge >= 0.3 is 17.9 Å². The molecule has 192 valence electrons. The molecule has 0 atom stereocenters. The largest absolute Gasteiger partial charge is 0.494 e. The minimum Gasteiger partial charge on any atom is -0.494 e. The van der Waals surface area contributed by atoms with Crippen LogP contribution < -0.4 is 4.74 Å². The van der Waals surface area contributed by atoms with Crippen molar-refractivity contribution < 1.29 is 38.1 Å². The molecule has 0 saturated carbocycles. The second kappa shape index (κ2) is 13.6. The van der Waals surface area contributed by atoms with Gasteiger partial charge in [0.2, 0.25) is 0 Å². The summed E-state index contributed by atoms with van der Waals surface area (Å²) in [6, 6.07) is 12.9. The van der Waals surface area contributed by atoms with Gasteiger partial charge in [-0.1, -0.05) is 18.7 Å². The van der Waals surface area contributed by atoms with Crippen LogP contribution in [0.15, 0.2) is 84.9 Å². The van der Waals surface area contributed by atoms with Crippen molar-refractivity contribution in [2.24, 2.45) is 0 Å². The summed E-state index contributed by atoms with van der Waals surface area (Å²) in [5.41, 5.74) is 1.24. The lowest BCUT2D eigenvalue weighted by Crippen LogP contribution is -2.10. The summed E-state index contributed by atoms with van der Waals surface area (Å²) in [7, 11) is 0. The number of rotatable bonds is 12. The average molecular weight is 505 g/mol. The molecule has 0 heterocycles.